The number of urea groups is 1. The van der Waals surface area contributed by atoms with Gasteiger partial charge >= 0.3 is 6.03 Å². The average Bonchev–Trinajstić information content (AvgIpc) is 2.77. The first-order chi connectivity index (χ1) is 8.66. The van der Waals surface area contributed by atoms with Crippen molar-refractivity contribution in [3.05, 3.63) is 30.1 Å². The fraction of sp³-hybridized carbons (Fsp3) is 0.385. The minimum atomic E-state index is -0.448. The molecule has 0 saturated carbocycles. The van der Waals surface area contributed by atoms with E-state index < -0.39 is 5.82 Å². The molecule has 2 heterocycles. The van der Waals surface area contributed by atoms with Crippen LogP contribution in [0.3, 0.4) is 0 Å². The summed E-state index contributed by atoms with van der Waals surface area (Å²) in [4.78, 5) is 27.1. The van der Waals surface area contributed by atoms with E-state index >= 15 is 0 Å². The number of rotatable bonds is 1. The Morgan fingerprint density at radius 3 is 2.89 bits per heavy atom. The van der Waals surface area contributed by atoms with Crippen molar-refractivity contribution in [1.82, 2.24) is 4.90 Å². The molecule has 0 aromatic heterocycles. The normalized spacial score (nSPS) is 23.5. The average molecular weight is 248 g/mol. The molecule has 1 aromatic carbocycles. The quantitative estimate of drug-likeness (QED) is 0.764. The van der Waals surface area contributed by atoms with Crippen LogP contribution in [-0.4, -0.2) is 29.4 Å². The van der Waals surface area contributed by atoms with Crippen LogP contribution in [0, 0.1) is 5.82 Å². The molecule has 0 aliphatic carbocycles. The predicted octanol–water partition coefficient (Wildman–Crippen LogP) is 2.15. The molecule has 1 atom stereocenters. The highest BCUT2D eigenvalue weighted by atomic mass is 19.1. The number of fused-ring (bicyclic) bond motifs is 1. The van der Waals surface area contributed by atoms with Crippen LogP contribution in [-0.2, 0) is 4.79 Å². The number of hydrogen-bond acceptors (Lipinski definition) is 2. The summed E-state index contributed by atoms with van der Waals surface area (Å²) in [6.45, 7) is 0.683. The molecule has 2 aliphatic heterocycles. The van der Waals surface area contributed by atoms with Crippen molar-refractivity contribution in [2.24, 2.45) is 0 Å². The van der Waals surface area contributed by atoms with Gasteiger partial charge in [-0.2, -0.15) is 0 Å². The first-order valence-corrected chi connectivity index (χ1v) is 6.06. The van der Waals surface area contributed by atoms with Crippen LogP contribution in [0.1, 0.15) is 19.3 Å². The van der Waals surface area contributed by atoms with Gasteiger partial charge in [0.2, 0.25) is 5.91 Å². The molecule has 0 spiro atoms. The molecule has 0 N–H and O–H groups in total. The summed E-state index contributed by atoms with van der Waals surface area (Å²) in [6.07, 6.45) is 2.15. The first kappa shape index (κ1) is 11.2. The number of nitrogens with zero attached hydrogens (tertiary/aromatic N) is 2. The molecular weight excluding hydrogens is 235 g/mol. The topological polar surface area (TPSA) is 40.6 Å². The minimum Gasteiger partial charge on any atom is -0.320 e. The molecule has 3 amide bonds. The lowest BCUT2D eigenvalue weighted by atomic mass is 10.1. The second-order valence-corrected chi connectivity index (χ2v) is 4.69. The minimum absolute atomic E-state index is 0.0369. The second-order valence-electron chi connectivity index (χ2n) is 4.69. The van der Waals surface area contributed by atoms with Crippen LogP contribution in [0.2, 0.25) is 0 Å². The Morgan fingerprint density at radius 2 is 2.11 bits per heavy atom. The molecule has 0 bridgehead atoms. The summed E-state index contributed by atoms with van der Waals surface area (Å²) in [6, 6.07) is 5.30. The van der Waals surface area contributed by atoms with Gasteiger partial charge in [-0.1, -0.05) is 6.07 Å². The summed E-state index contributed by atoms with van der Waals surface area (Å²) >= 11 is 0. The number of carbonyl (C=O) groups excluding carboxylic acids is 2. The Labute approximate surface area is 104 Å². The van der Waals surface area contributed by atoms with Gasteiger partial charge in [-0.3, -0.25) is 4.79 Å². The standard InChI is InChI=1S/C13H13FN2O2/c14-9-3-1-4-11(7-9)16-12(17)8-10-5-2-6-15(10)13(16)18/h1,3-4,7,10H,2,5-6,8H2. The Morgan fingerprint density at radius 1 is 1.28 bits per heavy atom. The number of halogens is 1. The number of benzene rings is 1. The summed E-state index contributed by atoms with van der Waals surface area (Å²) < 4.78 is 13.2. The summed E-state index contributed by atoms with van der Waals surface area (Å²) in [5.41, 5.74) is 0.315. The highest BCUT2D eigenvalue weighted by Crippen LogP contribution is 2.30. The maximum absolute atomic E-state index is 13.2. The molecule has 5 heteroatoms. The highest BCUT2D eigenvalue weighted by molar-refractivity contribution is 6.16. The van der Waals surface area contributed by atoms with Crippen molar-refractivity contribution >= 4 is 17.6 Å². The number of carbonyl (C=O) groups is 2. The van der Waals surface area contributed by atoms with Crippen molar-refractivity contribution < 1.29 is 14.0 Å². The van der Waals surface area contributed by atoms with E-state index in [0.717, 1.165) is 17.7 Å². The van der Waals surface area contributed by atoms with Crippen LogP contribution >= 0.6 is 0 Å². The van der Waals surface area contributed by atoms with Gasteiger partial charge in [0.25, 0.3) is 0 Å². The van der Waals surface area contributed by atoms with Crippen LogP contribution in [0.25, 0.3) is 0 Å². The Hall–Kier alpha value is -1.91. The summed E-state index contributed by atoms with van der Waals surface area (Å²) in [7, 11) is 0. The van der Waals surface area contributed by atoms with E-state index in [4.69, 9.17) is 0 Å². The monoisotopic (exact) mass is 248 g/mol. The molecule has 4 nitrogen and oxygen atoms in total. The maximum Gasteiger partial charge on any atom is 0.331 e. The van der Waals surface area contributed by atoms with Gasteiger partial charge in [0.15, 0.2) is 0 Å². The summed E-state index contributed by atoms with van der Waals surface area (Å²) in [5, 5.41) is 0. The van der Waals surface area contributed by atoms with Gasteiger partial charge < -0.3 is 4.90 Å². The van der Waals surface area contributed by atoms with Gasteiger partial charge in [-0.25, -0.2) is 14.1 Å². The van der Waals surface area contributed by atoms with E-state index in [1.807, 2.05) is 0 Å². The van der Waals surface area contributed by atoms with E-state index in [9.17, 15) is 14.0 Å². The SMILES string of the molecule is O=C1CC2CCCN2C(=O)N1c1cccc(F)c1. The molecular formula is C13H13FN2O2. The van der Waals surface area contributed by atoms with Crippen LogP contribution < -0.4 is 4.90 Å². The molecule has 2 saturated heterocycles. The Balaban J connectivity index is 1.96. The Bertz CT molecular complexity index is 517. The van der Waals surface area contributed by atoms with Gasteiger partial charge in [0.1, 0.15) is 5.82 Å². The zero-order chi connectivity index (χ0) is 12.7. The molecule has 2 fully saturated rings. The van der Waals surface area contributed by atoms with Crippen molar-refractivity contribution in [3.8, 4) is 0 Å². The van der Waals surface area contributed by atoms with Gasteiger partial charge in [0, 0.05) is 19.0 Å². The van der Waals surface area contributed by atoms with Crippen molar-refractivity contribution in [1.29, 1.82) is 0 Å². The lowest BCUT2D eigenvalue weighted by molar-refractivity contribution is -0.119. The van der Waals surface area contributed by atoms with Crippen LogP contribution in [0.5, 0.6) is 0 Å². The van der Waals surface area contributed by atoms with Gasteiger partial charge in [-0.15, -0.1) is 0 Å². The zero-order valence-corrected chi connectivity index (χ0v) is 9.80. The van der Waals surface area contributed by atoms with Crippen molar-refractivity contribution in [3.63, 3.8) is 0 Å². The van der Waals surface area contributed by atoms with Crippen molar-refractivity contribution in [2.75, 3.05) is 11.4 Å². The summed E-state index contributed by atoms with van der Waals surface area (Å²) in [5.74, 6) is -0.689. The van der Waals surface area contributed by atoms with Crippen molar-refractivity contribution in [2.45, 2.75) is 25.3 Å². The number of hydrogen-bond donors (Lipinski definition) is 0. The molecule has 94 valence electrons. The fourth-order valence-corrected chi connectivity index (χ4v) is 2.70. The number of amides is 3. The van der Waals surface area contributed by atoms with Gasteiger partial charge in [-0.05, 0) is 31.0 Å². The predicted molar refractivity (Wildman–Crippen MR) is 63.6 cm³/mol. The third kappa shape index (κ3) is 1.66. The van der Waals surface area contributed by atoms with E-state index in [-0.39, 0.29) is 18.0 Å². The van der Waals surface area contributed by atoms with E-state index in [2.05, 4.69) is 0 Å². The molecule has 18 heavy (non-hydrogen) atoms. The lowest BCUT2D eigenvalue weighted by Crippen LogP contribution is -2.54. The highest BCUT2D eigenvalue weighted by Gasteiger charge is 2.41. The molecule has 3 rings (SSSR count). The van der Waals surface area contributed by atoms with Crippen LogP contribution in [0.15, 0.2) is 24.3 Å². The lowest BCUT2D eigenvalue weighted by Gasteiger charge is -2.36. The largest absolute Gasteiger partial charge is 0.331 e. The Kier molecular flexibility index (Phi) is 2.54. The molecule has 1 unspecified atom stereocenters. The first-order valence-electron chi connectivity index (χ1n) is 6.06. The second kappa shape index (κ2) is 4.08. The molecule has 0 radical (unpaired) electrons. The maximum atomic E-state index is 13.2. The number of imide groups is 1. The van der Waals surface area contributed by atoms with E-state index in [1.54, 1.807) is 11.0 Å². The molecule has 1 aromatic rings. The third-order valence-electron chi connectivity index (χ3n) is 3.54. The fourth-order valence-electron chi connectivity index (χ4n) is 2.70. The molecule has 2 aliphatic rings. The van der Waals surface area contributed by atoms with Gasteiger partial charge in [0.05, 0.1) is 5.69 Å². The van der Waals surface area contributed by atoms with E-state index in [1.165, 1.54) is 18.2 Å². The van der Waals surface area contributed by atoms with E-state index in [0.29, 0.717) is 18.7 Å². The van der Waals surface area contributed by atoms with Crippen LogP contribution in [0.4, 0.5) is 14.9 Å². The number of anilines is 1. The zero-order valence-electron chi connectivity index (χ0n) is 9.80. The third-order valence-corrected chi connectivity index (χ3v) is 3.54. The smallest absolute Gasteiger partial charge is 0.320 e.